The summed E-state index contributed by atoms with van der Waals surface area (Å²) in [4.78, 5) is 0. The van der Waals surface area contributed by atoms with Gasteiger partial charge in [-0.2, -0.15) is 0 Å². The fraction of sp³-hybridized carbons (Fsp3) is 1.00. The molecule has 0 N–H and O–H groups in total. The van der Waals surface area contributed by atoms with Gasteiger partial charge in [-0.25, -0.2) is 0 Å². The molecule has 0 aliphatic heterocycles. The Balaban J connectivity index is 1.23. The van der Waals surface area contributed by atoms with Crippen LogP contribution in [-0.2, 0) is 0 Å². The maximum Gasteiger partial charge on any atom is -0.0227 e. The lowest BCUT2D eigenvalue weighted by molar-refractivity contribution is -0.124. The van der Waals surface area contributed by atoms with Crippen molar-refractivity contribution in [1.82, 2.24) is 0 Å². The molecule has 0 aromatic carbocycles. The summed E-state index contributed by atoms with van der Waals surface area (Å²) in [6, 6.07) is 0. The molecule has 17 unspecified atom stereocenters. The Bertz CT molecular complexity index is 1100. The highest BCUT2D eigenvalue weighted by molar-refractivity contribution is 5.19. The molecule has 0 heterocycles. The van der Waals surface area contributed by atoms with E-state index in [1.54, 1.807) is 89.9 Å². The van der Waals surface area contributed by atoms with Gasteiger partial charge >= 0.3 is 0 Å². The lowest BCUT2D eigenvalue weighted by Crippen LogP contribution is -2.54. The quantitative estimate of drug-likeness (QED) is 0.266. The van der Waals surface area contributed by atoms with E-state index in [-0.39, 0.29) is 0 Å². The van der Waals surface area contributed by atoms with Crippen molar-refractivity contribution < 1.29 is 0 Å². The molecular weight excluding hydrogens is 577 g/mol. The highest BCUT2D eigenvalue weighted by Crippen LogP contribution is 2.77. The smallest absolute Gasteiger partial charge is 0.0227 e. The van der Waals surface area contributed by atoms with E-state index in [9.17, 15) is 0 Å². The van der Waals surface area contributed by atoms with Crippen LogP contribution in [0.15, 0.2) is 0 Å². The molecule has 0 amide bonds. The second-order valence-electron chi connectivity index (χ2n) is 22.2. The van der Waals surface area contributed by atoms with Crippen molar-refractivity contribution in [2.75, 3.05) is 0 Å². The molecule has 0 nitrogen and oxygen atoms in total. The van der Waals surface area contributed by atoms with Crippen LogP contribution in [0.5, 0.6) is 0 Å². The van der Waals surface area contributed by atoms with Crippen LogP contribution in [0, 0.1) is 117 Å². The zero-order valence-corrected chi connectivity index (χ0v) is 33.7. The summed E-state index contributed by atoms with van der Waals surface area (Å²) in [6.07, 6.45) is 29.6. The first-order valence-corrected chi connectivity index (χ1v) is 23.0. The minimum Gasteiger partial charge on any atom is -0.0649 e. The number of fused-ring (bicyclic) bond motifs is 12. The molecule has 17 atom stereocenters. The second kappa shape index (κ2) is 12.8. The second-order valence-corrected chi connectivity index (χ2v) is 22.2. The molecule has 8 rings (SSSR count). The molecule has 1 spiro atoms. The van der Waals surface area contributed by atoms with E-state index in [1.807, 2.05) is 0 Å². The molecule has 48 heavy (non-hydrogen) atoms. The number of hydrogen-bond acceptors (Lipinski definition) is 0. The Morgan fingerprint density at radius 2 is 1.06 bits per heavy atom. The minimum atomic E-state index is 0.520. The summed E-state index contributed by atoms with van der Waals surface area (Å²) < 4.78 is 0. The Labute approximate surface area is 300 Å². The topological polar surface area (TPSA) is 0 Å². The summed E-state index contributed by atoms with van der Waals surface area (Å²) in [5, 5.41) is 0. The maximum atomic E-state index is 2.78. The summed E-state index contributed by atoms with van der Waals surface area (Å²) in [6.45, 7) is 24.0. The van der Waals surface area contributed by atoms with Gasteiger partial charge in [-0.1, -0.05) is 114 Å². The Morgan fingerprint density at radius 3 is 1.69 bits per heavy atom. The highest BCUT2D eigenvalue weighted by Gasteiger charge is 2.71. The van der Waals surface area contributed by atoms with E-state index < -0.39 is 0 Å². The SMILES string of the molecule is CCC(C)(CC)C1CC(C(C)(CC)CC)CC2(C1)C1CCC3C4CC5CCCCC5CC4CC3C1C1CC(C)C3C(C)CC(C)CC3C12. The molecule has 0 saturated heterocycles. The predicted octanol–water partition coefficient (Wildman–Crippen LogP) is 14.1. The Hall–Kier alpha value is 0. The molecule has 0 aromatic heterocycles. The van der Waals surface area contributed by atoms with Crippen LogP contribution in [-0.4, -0.2) is 0 Å². The zero-order chi connectivity index (χ0) is 33.7. The fourth-order valence-electron chi connectivity index (χ4n) is 18.3. The van der Waals surface area contributed by atoms with Gasteiger partial charge in [-0.05, 0) is 187 Å². The van der Waals surface area contributed by atoms with Gasteiger partial charge in [-0.3, -0.25) is 0 Å². The van der Waals surface area contributed by atoms with Crippen molar-refractivity contribution in [3.8, 4) is 0 Å². The lowest BCUT2D eigenvalue weighted by atomic mass is 9.43. The molecule has 8 aliphatic carbocycles. The van der Waals surface area contributed by atoms with Crippen molar-refractivity contribution in [1.29, 1.82) is 0 Å². The van der Waals surface area contributed by atoms with Crippen LogP contribution in [0.2, 0.25) is 0 Å². The first-order chi connectivity index (χ1) is 23.0. The van der Waals surface area contributed by atoms with Crippen LogP contribution in [0.1, 0.15) is 184 Å². The van der Waals surface area contributed by atoms with Crippen LogP contribution < -0.4 is 0 Å². The Kier molecular flexibility index (Phi) is 9.38. The summed E-state index contributed by atoms with van der Waals surface area (Å²) in [5.41, 5.74) is 1.67. The van der Waals surface area contributed by atoms with Crippen molar-refractivity contribution in [3.05, 3.63) is 0 Å². The van der Waals surface area contributed by atoms with E-state index in [0.29, 0.717) is 16.2 Å². The molecule has 0 radical (unpaired) electrons. The highest BCUT2D eigenvalue weighted by atomic mass is 14.8. The van der Waals surface area contributed by atoms with Gasteiger partial charge < -0.3 is 0 Å². The molecule has 0 bridgehead atoms. The third kappa shape index (κ3) is 5.19. The standard InChI is InChI=1S/C48H82/c1-10-46(8,11-2)35-26-36(47(9,12-3)13-4)28-48(27-35)42-19-18-37-38-24-33-17-15-14-16-32(33)23-34(38)25-39(37)44(42)41-22-31(7)43-30(6)20-29(5)21-40(43)45(41)48/h29-45H,10-28H2,1-9H3. The molecule has 0 heteroatoms. The number of rotatable bonds is 6. The number of hydrogen-bond donors (Lipinski definition) is 0. The summed E-state index contributed by atoms with van der Waals surface area (Å²) >= 11 is 0. The normalized spacial score (nSPS) is 53.3. The molecule has 8 fully saturated rings. The van der Waals surface area contributed by atoms with E-state index in [1.165, 1.54) is 32.1 Å². The fourth-order valence-corrected chi connectivity index (χ4v) is 18.3. The van der Waals surface area contributed by atoms with Crippen molar-refractivity contribution >= 4 is 0 Å². The summed E-state index contributed by atoms with van der Waals surface area (Å²) in [5.74, 6) is 17.7. The van der Waals surface area contributed by atoms with Crippen LogP contribution in [0.3, 0.4) is 0 Å². The van der Waals surface area contributed by atoms with E-state index in [2.05, 4.69) is 62.3 Å². The zero-order valence-electron chi connectivity index (χ0n) is 33.7. The molecule has 8 aliphatic rings. The third-order valence-corrected chi connectivity index (χ3v) is 21.0. The van der Waals surface area contributed by atoms with Gasteiger partial charge in [0.05, 0.1) is 0 Å². The molecular formula is C48H82. The van der Waals surface area contributed by atoms with Crippen LogP contribution in [0.25, 0.3) is 0 Å². The van der Waals surface area contributed by atoms with Gasteiger partial charge in [0.25, 0.3) is 0 Å². The average Bonchev–Trinajstić information content (AvgIpc) is 3.58. The Morgan fingerprint density at radius 1 is 0.500 bits per heavy atom. The van der Waals surface area contributed by atoms with E-state index >= 15 is 0 Å². The van der Waals surface area contributed by atoms with E-state index in [4.69, 9.17) is 0 Å². The van der Waals surface area contributed by atoms with Crippen LogP contribution >= 0.6 is 0 Å². The van der Waals surface area contributed by atoms with Gasteiger partial charge in [0.2, 0.25) is 0 Å². The first-order valence-electron chi connectivity index (χ1n) is 23.0. The van der Waals surface area contributed by atoms with Crippen molar-refractivity contribution in [3.63, 3.8) is 0 Å². The molecule has 274 valence electrons. The van der Waals surface area contributed by atoms with Crippen molar-refractivity contribution in [2.24, 2.45) is 117 Å². The van der Waals surface area contributed by atoms with E-state index in [0.717, 1.165) is 101 Å². The van der Waals surface area contributed by atoms with Gasteiger partial charge in [0.15, 0.2) is 0 Å². The van der Waals surface area contributed by atoms with Gasteiger partial charge in [0.1, 0.15) is 0 Å². The van der Waals surface area contributed by atoms with Gasteiger partial charge in [-0.15, -0.1) is 0 Å². The van der Waals surface area contributed by atoms with Gasteiger partial charge in [0, 0.05) is 0 Å². The first kappa shape index (κ1) is 35.1. The lowest BCUT2D eigenvalue weighted by Gasteiger charge is -2.61. The average molecular weight is 659 g/mol. The third-order valence-electron chi connectivity index (χ3n) is 21.0. The maximum absolute atomic E-state index is 2.78. The monoisotopic (exact) mass is 659 g/mol. The molecule has 0 aromatic rings. The van der Waals surface area contributed by atoms with Crippen molar-refractivity contribution in [2.45, 2.75) is 184 Å². The largest absolute Gasteiger partial charge is 0.0649 e. The van der Waals surface area contributed by atoms with Crippen LogP contribution in [0.4, 0.5) is 0 Å². The minimum absolute atomic E-state index is 0.520. The predicted molar refractivity (Wildman–Crippen MR) is 205 cm³/mol. The summed E-state index contributed by atoms with van der Waals surface area (Å²) in [7, 11) is 0. The molecule has 8 saturated carbocycles.